The molecule has 1 aromatic rings. The molecule has 4 atom stereocenters. The number of rotatable bonds is 2. The number of aromatic nitrogens is 3. The SMILES string of the molecule is Cn1nc(C(=O)N[C@@H]2CO[C@H]3[C@@H]2OC[C@H]3O)nc1Cl. The molecular formula is C10H13ClN4O4. The van der Waals surface area contributed by atoms with E-state index in [-0.39, 0.29) is 36.0 Å². The fourth-order valence-corrected chi connectivity index (χ4v) is 2.42. The van der Waals surface area contributed by atoms with E-state index in [4.69, 9.17) is 21.1 Å². The van der Waals surface area contributed by atoms with Gasteiger partial charge < -0.3 is 19.9 Å². The van der Waals surface area contributed by atoms with Crippen LogP contribution in [0.4, 0.5) is 0 Å². The Hall–Kier alpha value is -1.22. The number of ether oxygens (including phenoxy) is 2. The number of amides is 1. The molecule has 0 bridgehead atoms. The highest BCUT2D eigenvalue weighted by molar-refractivity contribution is 6.28. The number of aliphatic hydroxyl groups is 1. The smallest absolute Gasteiger partial charge is 0.291 e. The van der Waals surface area contributed by atoms with Crippen molar-refractivity contribution < 1.29 is 19.4 Å². The van der Waals surface area contributed by atoms with E-state index in [0.717, 1.165) is 0 Å². The number of nitrogens with one attached hydrogen (secondary N) is 1. The fraction of sp³-hybridized carbons (Fsp3) is 0.700. The maximum atomic E-state index is 12.0. The second-order valence-electron chi connectivity index (χ2n) is 4.57. The molecule has 3 rings (SSSR count). The van der Waals surface area contributed by atoms with Crippen molar-refractivity contribution in [2.75, 3.05) is 13.2 Å². The van der Waals surface area contributed by atoms with Gasteiger partial charge in [0.1, 0.15) is 18.3 Å². The molecular weight excluding hydrogens is 276 g/mol. The van der Waals surface area contributed by atoms with Crippen LogP contribution < -0.4 is 5.32 Å². The molecule has 0 aromatic carbocycles. The summed E-state index contributed by atoms with van der Waals surface area (Å²) in [6, 6.07) is -0.322. The number of fused-ring (bicyclic) bond motifs is 1. The Labute approximate surface area is 113 Å². The zero-order valence-electron chi connectivity index (χ0n) is 10.1. The zero-order chi connectivity index (χ0) is 13.6. The zero-order valence-corrected chi connectivity index (χ0v) is 10.9. The lowest BCUT2D eigenvalue weighted by Gasteiger charge is -2.16. The summed E-state index contributed by atoms with van der Waals surface area (Å²) in [5, 5.41) is 16.4. The maximum Gasteiger partial charge on any atom is 0.291 e. The molecule has 19 heavy (non-hydrogen) atoms. The van der Waals surface area contributed by atoms with Gasteiger partial charge in [0, 0.05) is 7.05 Å². The largest absolute Gasteiger partial charge is 0.388 e. The molecule has 0 unspecified atom stereocenters. The molecule has 0 aliphatic carbocycles. The van der Waals surface area contributed by atoms with E-state index in [0.29, 0.717) is 6.61 Å². The molecule has 0 saturated carbocycles. The van der Waals surface area contributed by atoms with Crippen molar-refractivity contribution in [2.45, 2.75) is 24.4 Å². The number of aryl methyl sites for hydroxylation is 1. The number of carbonyl (C=O) groups excluding carboxylic acids is 1. The van der Waals surface area contributed by atoms with Crippen molar-refractivity contribution in [1.29, 1.82) is 0 Å². The highest BCUT2D eigenvalue weighted by Crippen LogP contribution is 2.27. The van der Waals surface area contributed by atoms with E-state index in [9.17, 15) is 9.90 Å². The first kappa shape index (κ1) is 12.8. The number of aliphatic hydroxyl groups excluding tert-OH is 1. The van der Waals surface area contributed by atoms with Gasteiger partial charge in [0.05, 0.1) is 19.3 Å². The van der Waals surface area contributed by atoms with Crippen molar-refractivity contribution in [1.82, 2.24) is 20.1 Å². The Morgan fingerprint density at radius 1 is 1.47 bits per heavy atom. The number of hydrogen-bond acceptors (Lipinski definition) is 6. The van der Waals surface area contributed by atoms with Gasteiger partial charge >= 0.3 is 0 Å². The van der Waals surface area contributed by atoms with E-state index in [1.165, 1.54) is 4.68 Å². The maximum absolute atomic E-state index is 12.0. The van der Waals surface area contributed by atoms with Gasteiger partial charge in [-0.2, -0.15) is 4.98 Å². The molecule has 8 nitrogen and oxygen atoms in total. The second-order valence-corrected chi connectivity index (χ2v) is 4.91. The van der Waals surface area contributed by atoms with Crippen LogP contribution in [-0.4, -0.2) is 63.3 Å². The van der Waals surface area contributed by atoms with E-state index < -0.39 is 12.0 Å². The minimum absolute atomic E-state index is 0.00510. The minimum Gasteiger partial charge on any atom is -0.388 e. The summed E-state index contributed by atoms with van der Waals surface area (Å²) in [6.45, 7) is 0.508. The van der Waals surface area contributed by atoms with Gasteiger partial charge in [0.25, 0.3) is 5.91 Å². The van der Waals surface area contributed by atoms with E-state index in [1.54, 1.807) is 7.05 Å². The molecule has 1 amide bonds. The Morgan fingerprint density at radius 2 is 2.21 bits per heavy atom. The van der Waals surface area contributed by atoms with Crippen LogP contribution in [0.25, 0.3) is 0 Å². The van der Waals surface area contributed by atoms with Crippen LogP contribution in [0.15, 0.2) is 0 Å². The third kappa shape index (κ3) is 2.20. The molecule has 2 aliphatic heterocycles. The first-order valence-corrected chi connectivity index (χ1v) is 6.22. The van der Waals surface area contributed by atoms with Crippen LogP contribution >= 0.6 is 11.6 Å². The summed E-state index contributed by atoms with van der Waals surface area (Å²) < 4.78 is 12.1. The van der Waals surface area contributed by atoms with Gasteiger partial charge in [0.15, 0.2) is 0 Å². The van der Waals surface area contributed by atoms with E-state index >= 15 is 0 Å². The topological polar surface area (TPSA) is 98.5 Å². The molecule has 2 fully saturated rings. The van der Waals surface area contributed by atoms with Crippen LogP contribution in [-0.2, 0) is 16.5 Å². The summed E-state index contributed by atoms with van der Waals surface area (Å²) in [7, 11) is 1.59. The summed E-state index contributed by atoms with van der Waals surface area (Å²) in [4.78, 5) is 15.8. The Balaban J connectivity index is 1.67. The number of halogens is 1. The first-order valence-electron chi connectivity index (χ1n) is 5.85. The Bertz CT molecular complexity index is 488. The molecule has 9 heteroatoms. The summed E-state index contributed by atoms with van der Waals surface area (Å²) >= 11 is 5.73. The lowest BCUT2D eigenvalue weighted by molar-refractivity contribution is 0.0178. The van der Waals surface area contributed by atoms with Gasteiger partial charge in [-0.3, -0.25) is 4.79 Å². The van der Waals surface area contributed by atoms with Crippen molar-refractivity contribution in [3.63, 3.8) is 0 Å². The van der Waals surface area contributed by atoms with Gasteiger partial charge in [-0.1, -0.05) is 0 Å². The normalized spacial score (nSPS) is 33.4. The van der Waals surface area contributed by atoms with Crippen LogP contribution in [0.1, 0.15) is 10.6 Å². The fourth-order valence-electron chi connectivity index (χ4n) is 2.30. The average Bonchev–Trinajstić information content (AvgIpc) is 3.01. The standard InChI is InChI=1S/C10H13ClN4O4/c1-15-10(11)13-8(14-15)9(17)12-4-2-18-7-5(16)3-19-6(4)7/h4-7,16H,2-3H2,1H3,(H,12,17)/t4-,5-,6-,7-/m1/s1. The van der Waals surface area contributed by atoms with E-state index in [2.05, 4.69) is 15.4 Å². The van der Waals surface area contributed by atoms with Crippen molar-refractivity contribution >= 4 is 17.5 Å². The molecule has 0 spiro atoms. The summed E-state index contributed by atoms with van der Waals surface area (Å²) in [5.41, 5.74) is 0. The molecule has 2 N–H and O–H groups in total. The van der Waals surface area contributed by atoms with Crippen LogP contribution in [0.5, 0.6) is 0 Å². The third-order valence-corrected chi connectivity index (χ3v) is 3.59. The molecule has 3 heterocycles. The monoisotopic (exact) mass is 288 g/mol. The molecule has 104 valence electrons. The first-order chi connectivity index (χ1) is 9.06. The van der Waals surface area contributed by atoms with Gasteiger partial charge in [-0.25, -0.2) is 4.68 Å². The Morgan fingerprint density at radius 3 is 2.89 bits per heavy atom. The van der Waals surface area contributed by atoms with Gasteiger partial charge in [0.2, 0.25) is 11.1 Å². The quantitative estimate of drug-likeness (QED) is 0.704. The summed E-state index contributed by atoms with van der Waals surface area (Å²) in [6.07, 6.45) is -1.36. The Kier molecular flexibility index (Phi) is 3.17. The van der Waals surface area contributed by atoms with Crippen molar-refractivity contribution in [3.05, 3.63) is 11.1 Å². The molecule has 0 radical (unpaired) electrons. The lowest BCUT2D eigenvalue weighted by atomic mass is 10.1. The number of hydrogen-bond donors (Lipinski definition) is 2. The molecule has 1 aromatic heterocycles. The average molecular weight is 289 g/mol. The minimum atomic E-state index is -0.644. The van der Waals surface area contributed by atoms with Gasteiger partial charge in [-0.15, -0.1) is 5.10 Å². The highest BCUT2D eigenvalue weighted by atomic mass is 35.5. The number of carbonyl (C=O) groups is 1. The van der Waals surface area contributed by atoms with Crippen LogP contribution in [0, 0.1) is 0 Å². The molecule has 2 saturated heterocycles. The van der Waals surface area contributed by atoms with Crippen molar-refractivity contribution in [2.24, 2.45) is 7.05 Å². The van der Waals surface area contributed by atoms with Crippen LogP contribution in [0.3, 0.4) is 0 Å². The van der Waals surface area contributed by atoms with Crippen molar-refractivity contribution in [3.8, 4) is 0 Å². The second kappa shape index (κ2) is 4.71. The molecule has 2 aliphatic rings. The number of nitrogens with zero attached hydrogens (tertiary/aromatic N) is 3. The van der Waals surface area contributed by atoms with E-state index in [1.807, 2.05) is 0 Å². The summed E-state index contributed by atoms with van der Waals surface area (Å²) in [5.74, 6) is -0.448. The van der Waals surface area contributed by atoms with Crippen LogP contribution in [0.2, 0.25) is 5.28 Å². The predicted octanol–water partition coefficient (Wildman–Crippen LogP) is -1.27. The third-order valence-electron chi connectivity index (χ3n) is 3.26. The lowest BCUT2D eigenvalue weighted by Crippen LogP contribution is -2.44. The van der Waals surface area contributed by atoms with Gasteiger partial charge in [-0.05, 0) is 11.6 Å². The highest BCUT2D eigenvalue weighted by Gasteiger charge is 2.47. The predicted molar refractivity (Wildman–Crippen MR) is 62.8 cm³/mol.